The molecule has 0 unspecified atom stereocenters. The number of aliphatic hydroxyl groups excluding tert-OH is 1. The topological polar surface area (TPSA) is 49.8 Å². The third kappa shape index (κ3) is 7.70. The minimum Gasteiger partial charge on any atom is -0.444 e. The molecule has 0 fully saturated rings. The molecule has 5 heteroatoms. The minimum absolute atomic E-state index is 0.0102. The zero-order valence-corrected chi connectivity index (χ0v) is 17.4. The first kappa shape index (κ1) is 21.8. The zero-order valence-electron chi connectivity index (χ0n) is 16.6. The van der Waals surface area contributed by atoms with Crippen LogP contribution in [0, 0.1) is 0 Å². The number of carbonyl (C=O) groups excluding carboxylic acids is 1. The van der Waals surface area contributed by atoms with Gasteiger partial charge in [0.05, 0.1) is 18.0 Å². The van der Waals surface area contributed by atoms with Crippen molar-refractivity contribution < 1.29 is 14.6 Å². The molecule has 0 radical (unpaired) electrons. The maximum absolute atomic E-state index is 12.8. The normalized spacial score (nSPS) is 14.7. The Labute approximate surface area is 156 Å². The average molecular weight is 368 g/mol. The molecule has 0 saturated heterocycles. The first-order valence-electron chi connectivity index (χ1n) is 8.81. The van der Waals surface area contributed by atoms with Crippen molar-refractivity contribution in [2.24, 2.45) is 0 Å². The molecule has 0 saturated carbocycles. The minimum atomic E-state index is -0.751. The van der Waals surface area contributed by atoms with E-state index >= 15 is 0 Å². The number of thioether (sulfide) groups is 1. The quantitative estimate of drug-likeness (QED) is 0.700. The molecule has 1 amide bonds. The lowest BCUT2D eigenvalue weighted by molar-refractivity contribution is -0.00125. The van der Waals surface area contributed by atoms with Gasteiger partial charge in [0.25, 0.3) is 0 Å². The van der Waals surface area contributed by atoms with Gasteiger partial charge >= 0.3 is 6.09 Å². The number of hydrogen-bond acceptors (Lipinski definition) is 4. The highest BCUT2D eigenvalue weighted by Crippen LogP contribution is 2.30. The van der Waals surface area contributed by atoms with Gasteiger partial charge in [-0.05, 0) is 32.8 Å². The van der Waals surface area contributed by atoms with Gasteiger partial charge in [-0.1, -0.05) is 58.0 Å². The van der Waals surface area contributed by atoms with Crippen molar-refractivity contribution in [2.75, 3.05) is 5.88 Å². The van der Waals surface area contributed by atoms with Crippen LogP contribution in [0.5, 0.6) is 0 Å². The predicted octanol–water partition coefficient (Wildman–Crippen LogP) is 5.22. The van der Waals surface area contributed by atoms with Crippen LogP contribution >= 0.6 is 11.8 Å². The fourth-order valence-electron chi connectivity index (χ4n) is 2.35. The van der Waals surface area contributed by atoms with Crippen molar-refractivity contribution in [1.29, 1.82) is 0 Å². The highest BCUT2D eigenvalue weighted by Gasteiger charge is 2.33. The summed E-state index contributed by atoms with van der Waals surface area (Å²) in [5.41, 5.74) is 0.237. The Bertz CT molecular complexity index is 534. The first-order chi connectivity index (χ1) is 11.4. The van der Waals surface area contributed by atoms with Gasteiger partial charge < -0.3 is 9.84 Å². The fourth-order valence-corrected chi connectivity index (χ4v) is 3.18. The highest BCUT2D eigenvalue weighted by atomic mass is 32.2. The second-order valence-electron chi connectivity index (χ2n) is 8.17. The predicted molar refractivity (Wildman–Crippen MR) is 106 cm³/mol. The van der Waals surface area contributed by atoms with Crippen LogP contribution in [-0.4, -0.2) is 38.4 Å². The molecule has 2 atom stereocenters. The number of ether oxygens (including phenoxy) is 1. The molecule has 0 aliphatic carbocycles. The summed E-state index contributed by atoms with van der Waals surface area (Å²) >= 11 is 1.67. The smallest absolute Gasteiger partial charge is 0.411 e. The van der Waals surface area contributed by atoms with E-state index in [1.165, 1.54) is 0 Å². The van der Waals surface area contributed by atoms with Gasteiger partial charge in [-0.2, -0.15) is 0 Å². The summed E-state index contributed by atoms with van der Waals surface area (Å²) < 4.78 is 5.61. The Morgan fingerprint density at radius 1 is 1.16 bits per heavy atom. The van der Waals surface area contributed by atoms with Crippen LogP contribution in [0.25, 0.3) is 0 Å². The van der Waals surface area contributed by atoms with E-state index in [2.05, 4.69) is 20.8 Å². The van der Waals surface area contributed by atoms with E-state index in [0.29, 0.717) is 12.3 Å². The van der Waals surface area contributed by atoms with Crippen LogP contribution in [-0.2, 0) is 4.74 Å². The molecule has 142 valence electrons. The molecule has 0 bridgehead atoms. The monoisotopic (exact) mass is 367 g/mol. The van der Waals surface area contributed by atoms with Gasteiger partial charge in [-0.3, -0.25) is 4.90 Å². The van der Waals surface area contributed by atoms with E-state index in [4.69, 9.17) is 4.74 Å². The summed E-state index contributed by atoms with van der Waals surface area (Å²) in [6.45, 7) is 13.9. The molecule has 1 aromatic rings. The number of carbonyl (C=O) groups is 1. The Morgan fingerprint density at radius 2 is 1.72 bits per heavy atom. The molecular weight excluding hydrogens is 334 g/mol. The third-order valence-corrected chi connectivity index (χ3v) is 4.86. The van der Waals surface area contributed by atoms with Crippen molar-refractivity contribution in [3.05, 3.63) is 35.9 Å². The van der Waals surface area contributed by atoms with E-state index in [-0.39, 0.29) is 16.9 Å². The van der Waals surface area contributed by atoms with Gasteiger partial charge in [-0.25, -0.2) is 4.79 Å². The van der Waals surface area contributed by atoms with Gasteiger partial charge in [0.2, 0.25) is 0 Å². The summed E-state index contributed by atoms with van der Waals surface area (Å²) in [5, 5.41) is 10.9. The third-order valence-electron chi connectivity index (χ3n) is 3.59. The van der Waals surface area contributed by atoms with Crippen LogP contribution < -0.4 is 0 Å². The molecule has 0 heterocycles. The molecule has 0 spiro atoms. The van der Waals surface area contributed by atoms with Crippen LogP contribution in [0.3, 0.4) is 0 Å². The Balaban J connectivity index is 3.06. The number of benzene rings is 1. The zero-order chi connectivity index (χ0) is 19.3. The summed E-state index contributed by atoms with van der Waals surface area (Å²) in [4.78, 5) is 14.5. The summed E-state index contributed by atoms with van der Waals surface area (Å²) in [6, 6.07) is 9.14. The van der Waals surface area contributed by atoms with Gasteiger partial charge in [-0.15, -0.1) is 11.8 Å². The van der Waals surface area contributed by atoms with Crippen molar-refractivity contribution in [3.63, 3.8) is 0 Å². The Hall–Kier alpha value is -1.20. The molecule has 25 heavy (non-hydrogen) atoms. The maximum Gasteiger partial charge on any atom is 0.411 e. The summed E-state index contributed by atoms with van der Waals surface area (Å²) in [7, 11) is 0. The van der Waals surface area contributed by atoms with Crippen molar-refractivity contribution in [1.82, 2.24) is 4.90 Å². The molecule has 4 nitrogen and oxygen atoms in total. The number of nitrogens with zero attached hydrogens (tertiary/aromatic N) is 1. The van der Waals surface area contributed by atoms with Gasteiger partial charge in [0.15, 0.2) is 0 Å². The largest absolute Gasteiger partial charge is 0.444 e. The van der Waals surface area contributed by atoms with Crippen LogP contribution in [0.2, 0.25) is 0 Å². The van der Waals surface area contributed by atoms with Crippen molar-refractivity contribution in [2.45, 2.75) is 77.4 Å². The van der Waals surface area contributed by atoms with E-state index < -0.39 is 11.7 Å². The lowest BCUT2D eigenvalue weighted by Crippen LogP contribution is -2.46. The highest BCUT2D eigenvalue weighted by molar-refractivity contribution is 8.00. The second-order valence-corrected chi connectivity index (χ2v) is 9.94. The molecular formula is C20H33NO3S. The molecule has 1 N–H and O–H groups in total. The van der Waals surface area contributed by atoms with Gasteiger partial charge in [0.1, 0.15) is 5.60 Å². The SMILES string of the molecule is CC[C@@H]([C@@H](O)c1ccccc1)N(CSC(C)(C)C)C(=O)OC(C)(C)C. The average Bonchev–Trinajstić information content (AvgIpc) is 2.48. The van der Waals surface area contributed by atoms with E-state index in [9.17, 15) is 9.90 Å². The summed E-state index contributed by atoms with van der Waals surface area (Å²) in [6.07, 6.45) is -0.495. The van der Waals surface area contributed by atoms with Crippen LogP contribution in [0.4, 0.5) is 4.79 Å². The summed E-state index contributed by atoms with van der Waals surface area (Å²) in [5.74, 6) is 0.473. The van der Waals surface area contributed by atoms with Gasteiger partial charge in [0, 0.05) is 4.75 Å². The molecule has 1 aromatic carbocycles. The van der Waals surface area contributed by atoms with Crippen molar-refractivity contribution >= 4 is 17.9 Å². The van der Waals surface area contributed by atoms with Crippen LogP contribution in [0.1, 0.15) is 66.6 Å². The van der Waals surface area contributed by atoms with E-state index in [1.54, 1.807) is 16.7 Å². The maximum atomic E-state index is 12.8. The fraction of sp³-hybridized carbons (Fsp3) is 0.650. The Kier molecular flexibility index (Phi) is 7.82. The number of rotatable bonds is 6. The van der Waals surface area contributed by atoms with Crippen LogP contribution in [0.15, 0.2) is 30.3 Å². The number of amides is 1. The standard InChI is InChI=1S/C20H33NO3S/c1-8-16(17(22)15-12-10-9-11-13-15)21(14-25-20(5,6)7)18(23)24-19(2,3)4/h9-13,16-17,22H,8,14H2,1-7H3/t16-,17-/m0/s1. The molecule has 1 rings (SSSR count). The number of hydrogen-bond donors (Lipinski definition) is 1. The second kappa shape index (κ2) is 8.95. The molecule has 0 aliphatic heterocycles. The lowest BCUT2D eigenvalue weighted by atomic mass is 9.99. The first-order valence-corrected chi connectivity index (χ1v) is 9.80. The number of aliphatic hydroxyl groups is 1. The van der Waals surface area contributed by atoms with E-state index in [1.807, 2.05) is 58.0 Å². The lowest BCUT2D eigenvalue weighted by Gasteiger charge is -2.36. The molecule has 0 aliphatic rings. The van der Waals surface area contributed by atoms with E-state index in [0.717, 1.165) is 5.56 Å². The van der Waals surface area contributed by atoms with Crippen molar-refractivity contribution in [3.8, 4) is 0 Å². The Morgan fingerprint density at radius 3 is 2.16 bits per heavy atom. The molecule has 0 aromatic heterocycles.